The lowest BCUT2D eigenvalue weighted by Crippen LogP contribution is -2.51. The molecule has 2 atom stereocenters. The molecule has 2 bridgehead atoms. The third-order valence-corrected chi connectivity index (χ3v) is 5.22. The van der Waals surface area contributed by atoms with Crippen molar-refractivity contribution >= 4 is 17.8 Å². The summed E-state index contributed by atoms with van der Waals surface area (Å²) in [6, 6.07) is 5.65. The highest BCUT2D eigenvalue weighted by Gasteiger charge is 2.42. The summed E-state index contributed by atoms with van der Waals surface area (Å²) in [5.74, 6) is -0.806. The fourth-order valence-electron chi connectivity index (χ4n) is 3.64. The Bertz CT molecular complexity index is 739. The Kier molecular flexibility index (Phi) is 5.62. The molecule has 1 aromatic carbocycles. The molecule has 3 fully saturated rings. The van der Waals surface area contributed by atoms with Crippen LogP contribution >= 0.6 is 0 Å². The second kappa shape index (κ2) is 7.94. The van der Waals surface area contributed by atoms with Gasteiger partial charge >= 0.3 is 6.03 Å². The zero-order chi connectivity index (χ0) is 19.6. The van der Waals surface area contributed by atoms with Gasteiger partial charge in [0.1, 0.15) is 12.4 Å². The number of nitrogens with zero attached hydrogens (tertiary/aromatic N) is 3. The van der Waals surface area contributed by atoms with E-state index in [2.05, 4.69) is 5.32 Å². The van der Waals surface area contributed by atoms with E-state index < -0.39 is 0 Å². The molecule has 146 valence electrons. The summed E-state index contributed by atoms with van der Waals surface area (Å²) in [6.45, 7) is 1.01. The number of benzene rings is 1. The maximum absolute atomic E-state index is 13.3. The average Bonchev–Trinajstić information content (AvgIpc) is 2.92. The summed E-state index contributed by atoms with van der Waals surface area (Å²) in [7, 11) is 3.32. The van der Waals surface area contributed by atoms with E-state index >= 15 is 0 Å². The maximum Gasteiger partial charge on any atom is 0.317 e. The van der Waals surface area contributed by atoms with Gasteiger partial charge in [-0.05, 0) is 30.5 Å². The molecule has 1 aromatic rings. The molecule has 4 amide bonds. The monoisotopic (exact) mass is 376 g/mol. The van der Waals surface area contributed by atoms with Gasteiger partial charge < -0.3 is 20.0 Å². The number of amides is 4. The Balaban J connectivity index is 1.64. The molecule has 0 aromatic heterocycles. The quantitative estimate of drug-likeness (QED) is 0.854. The van der Waals surface area contributed by atoms with Crippen molar-refractivity contribution < 1.29 is 18.8 Å². The third kappa shape index (κ3) is 4.37. The largest absolute Gasteiger partial charge is 0.347 e. The molecule has 4 rings (SSSR count). The van der Waals surface area contributed by atoms with Gasteiger partial charge in [-0.3, -0.25) is 9.59 Å². The number of urea groups is 1. The van der Waals surface area contributed by atoms with Crippen LogP contribution in [-0.2, 0) is 16.1 Å². The number of piperidine rings is 1. The molecule has 0 radical (unpaired) electrons. The molecular formula is C19H25FN4O3. The number of rotatable bonds is 4. The van der Waals surface area contributed by atoms with Crippen molar-refractivity contribution in [2.24, 2.45) is 5.92 Å². The average molecular weight is 376 g/mol. The SMILES string of the molecule is CN(C)C(=O)CN1C(=O)[C@@H]2CC[C@H]1CN(C(=O)NCc1cccc(F)c1)C2. The van der Waals surface area contributed by atoms with Crippen LogP contribution in [0.15, 0.2) is 24.3 Å². The summed E-state index contributed by atoms with van der Waals surface area (Å²) >= 11 is 0. The van der Waals surface area contributed by atoms with E-state index in [0.717, 1.165) is 12.8 Å². The molecule has 0 aliphatic carbocycles. The predicted molar refractivity (Wildman–Crippen MR) is 97.1 cm³/mol. The van der Waals surface area contributed by atoms with Gasteiger partial charge in [-0.15, -0.1) is 0 Å². The first-order chi connectivity index (χ1) is 12.8. The number of carbonyl (C=O) groups excluding carboxylic acids is 3. The van der Waals surface area contributed by atoms with Crippen LogP contribution < -0.4 is 5.32 Å². The van der Waals surface area contributed by atoms with E-state index in [1.165, 1.54) is 17.0 Å². The zero-order valence-corrected chi connectivity index (χ0v) is 15.7. The van der Waals surface area contributed by atoms with Crippen molar-refractivity contribution in [3.05, 3.63) is 35.6 Å². The Morgan fingerprint density at radius 1 is 1.26 bits per heavy atom. The highest BCUT2D eigenvalue weighted by molar-refractivity contribution is 5.87. The van der Waals surface area contributed by atoms with Crippen LogP contribution in [0.5, 0.6) is 0 Å². The fourth-order valence-corrected chi connectivity index (χ4v) is 3.64. The van der Waals surface area contributed by atoms with Crippen molar-refractivity contribution in [3.63, 3.8) is 0 Å². The molecule has 3 aliphatic heterocycles. The van der Waals surface area contributed by atoms with E-state index in [-0.39, 0.29) is 48.7 Å². The smallest absolute Gasteiger partial charge is 0.317 e. The van der Waals surface area contributed by atoms with E-state index in [9.17, 15) is 18.8 Å². The molecule has 7 nitrogen and oxygen atoms in total. The lowest BCUT2D eigenvalue weighted by molar-refractivity contribution is -0.145. The summed E-state index contributed by atoms with van der Waals surface area (Å²) < 4.78 is 13.3. The number of carbonyl (C=O) groups is 3. The molecular weight excluding hydrogens is 351 g/mol. The lowest BCUT2D eigenvalue weighted by Gasteiger charge is -2.35. The van der Waals surface area contributed by atoms with Crippen LogP contribution in [0.2, 0.25) is 0 Å². The summed E-state index contributed by atoms with van der Waals surface area (Å²) in [4.78, 5) is 42.1. The number of hydrogen-bond acceptors (Lipinski definition) is 3. The molecule has 0 spiro atoms. The third-order valence-electron chi connectivity index (χ3n) is 5.22. The van der Waals surface area contributed by atoms with Gasteiger partial charge in [0.2, 0.25) is 11.8 Å². The fraction of sp³-hybridized carbons (Fsp3) is 0.526. The minimum atomic E-state index is -0.346. The van der Waals surface area contributed by atoms with Crippen LogP contribution in [0.25, 0.3) is 0 Å². The van der Waals surface area contributed by atoms with Crippen molar-refractivity contribution in [3.8, 4) is 0 Å². The first-order valence-corrected chi connectivity index (χ1v) is 9.13. The van der Waals surface area contributed by atoms with Gasteiger partial charge in [0.05, 0.1) is 5.92 Å². The summed E-state index contributed by atoms with van der Waals surface area (Å²) in [5, 5.41) is 2.80. The van der Waals surface area contributed by atoms with Gasteiger partial charge in [-0.25, -0.2) is 9.18 Å². The van der Waals surface area contributed by atoms with Crippen LogP contribution in [0.4, 0.5) is 9.18 Å². The molecule has 3 aliphatic rings. The van der Waals surface area contributed by atoms with E-state index in [1.807, 2.05) is 0 Å². The number of nitrogens with one attached hydrogen (secondary N) is 1. The normalized spacial score (nSPS) is 21.8. The minimum absolute atomic E-state index is 0.0474. The highest BCUT2D eigenvalue weighted by atomic mass is 19.1. The summed E-state index contributed by atoms with van der Waals surface area (Å²) in [6.07, 6.45) is 1.51. The van der Waals surface area contributed by atoms with Crippen molar-refractivity contribution in [1.29, 1.82) is 0 Å². The van der Waals surface area contributed by atoms with Gasteiger partial charge in [-0.1, -0.05) is 12.1 Å². The molecule has 3 heterocycles. The number of fused-ring (bicyclic) bond motifs is 4. The van der Waals surface area contributed by atoms with Gasteiger partial charge in [-0.2, -0.15) is 0 Å². The zero-order valence-electron chi connectivity index (χ0n) is 15.7. The Hall–Kier alpha value is -2.64. The van der Waals surface area contributed by atoms with Crippen LogP contribution in [0.1, 0.15) is 18.4 Å². The molecule has 8 heteroatoms. The maximum atomic E-state index is 13.3. The lowest BCUT2D eigenvalue weighted by atomic mass is 9.94. The number of likely N-dealkylation sites (N-methyl/N-ethyl adjacent to an activating group) is 1. The van der Waals surface area contributed by atoms with Crippen LogP contribution in [0.3, 0.4) is 0 Å². The van der Waals surface area contributed by atoms with Gasteiger partial charge in [0, 0.05) is 39.8 Å². The molecule has 27 heavy (non-hydrogen) atoms. The van der Waals surface area contributed by atoms with Crippen LogP contribution in [0, 0.1) is 11.7 Å². The van der Waals surface area contributed by atoms with E-state index in [0.29, 0.717) is 18.7 Å². The van der Waals surface area contributed by atoms with Crippen molar-refractivity contribution in [2.45, 2.75) is 25.4 Å². The Labute approximate surface area is 158 Å². The number of halogens is 1. The minimum Gasteiger partial charge on any atom is -0.347 e. The molecule has 0 unspecified atom stereocenters. The molecule has 3 saturated heterocycles. The standard InChI is InChI=1S/C19H25FN4O3/c1-22(2)17(25)12-24-16-7-6-14(18(24)26)10-23(11-16)19(27)21-9-13-4-3-5-15(20)8-13/h3-5,8,14,16H,6-7,9-12H2,1-2H3,(H,21,27)/t14-,16+/m1/s1. The first-order valence-electron chi connectivity index (χ1n) is 9.13. The molecule has 1 N–H and O–H groups in total. The summed E-state index contributed by atoms with van der Waals surface area (Å²) in [5.41, 5.74) is 0.676. The topological polar surface area (TPSA) is 73.0 Å². The first kappa shape index (κ1) is 19.1. The van der Waals surface area contributed by atoms with Crippen molar-refractivity contribution in [1.82, 2.24) is 20.0 Å². The molecule has 0 saturated carbocycles. The van der Waals surface area contributed by atoms with Gasteiger partial charge in [0.25, 0.3) is 0 Å². The second-order valence-corrected chi connectivity index (χ2v) is 7.38. The number of hydrogen-bond donors (Lipinski definition) is 1. The van der Waals surface area contributed by atoms with Crippen LogP contribution in [-0.4, -0.2) is 72.3 Å². The second-order valence-electron chi connectivity index (χ2n) is 7.38. The Morgan fingerprint density at radius 2 is 2.04 bits per heavy atom. The van der Waals surface area contributed by atoms with Gasteiger partial charge in [0.15, 0.2) is 0 Å². The van der Waals surface area contributed by atoms with E-state index in [4.69, 9.17) is 0 Å². The van der Waals surface area contributed by atoms with Crippen molar-refractivity contribution in [2.75, 3.05) is 33.7 Å². The highest BCUT2D eigenvalue weighted by Crippen LogP contribution is 2.29. The van der Waals surface area contributed by atoms with E-state index in [1.54, 1.807) is 36.0 Å². The predicted octanol–water partition coefficient (Wildman–Crippen LogP) is 1.05. The Morgan fingerprint density at radius 3 is 2.74 bits per heavy atom.